The molecule has 0 radical (unpaired) electrons. The summed E-state index contributed by atoms with van der Waals surface area (Å²) in [6.07, 6.45) is 7.95. The highest BCUT2D eigenvalue weighted by Crippen LogP contribution is 2.38. The van der Waals surface area contributed by atoms with Crippen LogP contribution in [0, 0.1) is 11.8 Å². The smallest absolute Gasteiger partial charge is 0.348 e. The second kappa shape index (κ2) is 16.3. The van der Waals surface area contributed by atoms with Gasteiger partial charge in [0.05, 0.1) is 13.2 Å². The zero-order valence-corrected chi connectivity index (χ0v) is 30.9. The van der Waals surface area contributed by atoms with E-state index in [1.165, 1.54) is 6.08 Å². The molecule has 0 aromatic heterocycles. The molecule has 1 rings (SSSR count). The molecule has 1 aliphatic rings. The largest absolute Gasteiger partial charge is 0.463 e. The van der Waals surface area contributed by atoms with Gasteiger partial charge in [-0.05, 0) is 49.5 Å². The second-order valence-corrected chi connectivity index (χ2v) is 25.2. The van der Waals surface area contributed by atoms with E-state index >= 15 is 0 Å². The molecule has 0 bridgehead atoms. The van der Waals surface area contributed by atoms with Crippen LogP contribution in [-0.2, 0) is 37.8 Å². The molecule has 10 heteroatoms. The fourth-order valence-electron chi connectivity index (χ4n) is 3.52. The molecule has 0 amide bonds. The van der Waals surface area contributed by atoms with Gasteiger partial charge < -0.3 is 23.4 Å². The molecular formula is C33H58O8Si2. The molecule has 1 fully saturated rings. The minimum atomic E-state index is -2.27. The quantitative estimate of drug-likeness (QED) is 0.0410. The van der Waals surface area contributed by atoms with E-state index in [0.29, 0.717) is 19.6 Å². The average molecular weight is 639 g/mol. The van der Waals surface area contributed by atoms with Gasteiger partial charge in [-0.1, -0.05) is 92.4 Å². The van der Waals surface area contributed by atoms with Crippen LogP contribution >= 0.6 is 0 Å². The Balaban J connectivity index is 2.94. The summed E-state index contributed by atoms with van der Waals surface area (Å²) in [6, 6.07) is 0.923. The number of hydrogen-bond acceptors (Lipinski definition) is 8. The summed E-state index contributed by atoms with van der Waals surface area (Å²) in [7, 11) is -3.53. The zero-order valence-electron chi connectivity index (χ0n) is 28.9. The number of carbonyl (C=O) groups is 3. The van der Waals surface area contributed by atoms with E-state index in [4.69, 9.17) is 23.4 Å². The third-order valence-electron chi connectivity index (χ3n) is 8.09. The maximum atomic E-state index is 13.5. The van der Waals surface area contributed by atoms with Gasteiger partial charge >= 0.3 is 17.9 Å². The fraction of sp³-hybridized carbons (Fsp3) is 0.727. The number of allylic oxidation sites excluding steroid dienone is 4. The van der Waals surface area contributed by atoms with Crippen molar-refractivity contribution in [1.82, 2.24) is 0 Å². The predicted octanol–water partition coefficient (Wildman–Crippen LogP) is 7.24. The molecule has 5 atom stereocenters. The highest BCUT2D eigenvalue weighted by atomic mass is 28.4. The number of hydrogen-bond donors (Lipinski definition) is 0. The molecule has 0 N–H and O–H groups in total. The Bertz CT molecular complexity index is 1010. The summed E-state index contributed by atoms with van der Waals surface area (Å²) in [5.74, 6) is -1.92. The Kier molecular flexibility index (Phi) is 14.8. The van der Waals surface area contributed by atoms with Crippen molar-refractivity contribution < 1.29 is 37.8 Å². The molecule has 0 saturated carbocycles. The lowest BCUT2D eigenvalue weighted by Crippen LogP contribution is -2.49. The van der Waals surface area contributed by atoms with E-state index in [0.717, 1.165) is 6.04 Å². The van der Waals surface area contributed by atoms with Gasteiger partial charge in [0, 0.05) is 20.1 Å². The van der Waals surface area contributed by atoms with E-state index < -0.39 is 52.2 Å². The Labute approximate surface area is 262 Å². The Morgan fingerprint density at radius 2 is 1.47 bits per heavy atom. The standard InChI is InChI=1S/C33H58O8Si2/c1-14-25(4)29(40-30(35)28(24(2)3)41-43(12,13)32(5,6)7)31(36)39-26(33(8)23-38-33)19-17-15-16-18-20-27(34)37-21-22-42(9,10)11/h15-20,24-26,28-29H,14,21-23H2,1-13H3/b16-15+,19-17+,20-18+/t25-,26+,28+,29+,33-/m0/s1. The van der Waals surface area contributed by atoms with Crippen molar-refractivity contribution in [2.45, 2.75) is 130 Å². The fourth-order valence-corrected chi connectivity index (χ4v) is 5.60. The van der Waals surface area contributed by atoms with Crippen molar-refractivity contribution in [2.75, 3.05) is 13.2 Å². The monoisotopic (exact) mass is 638 g/mol. The van der Waals surface area contributed by atoms with Crippen LogP contribution in [0.2, 0.25) is 43.8 Å². The minimum Gasteiger partial charge on any atom is -0.463 e. The SMILES string of the molecule is CC[C@H](C)[C@@H](OC(=O)[C@H](O[Si](C)(C)C(C)(C)C)C(C)C)C(=O)O[C@H](/C=C/C=C/C=C/C(=O)OCC[Si](C)(C)C)[C@]1(C)CO1. The van der Waals surface area contributed by atoms with E-state index in [-0.39, 0.29) is 22.8 Å². The van der Waals surface area contributed by atoms with Gasteiger partial charge in [0.15, 0.2) is 14.4 Å². The highest BCUT2D eigenvalue weighted by Gasteiger charge is 2.49. The summed E-state index contributed by atoms with van der Waals surface area (Å²) in [6.45, 7) is 27.6. The van der Waals surface area contributed by atoms with Crippen molar-refractivity contribution in [3.8, 4) is 0 Å². The van der Waals surface area contributed by atoms with Crippen LogP contribution in [0.25, 0.3) is 0 Å². The van der Waals surface area contributed by atoms with Gasteiger partial charge in [-0.15, -0.1) is 0 Å². The second-order valence-electron chi connectivity index (χ2n) is 14.9. The number of epoxide rings is 1. The Morgan fingerprint density at radius 1 is 0.907 bits per heavy atom. The van der Waals surface area contributed by atoms with Crippen LogP contribution in [0.1, 0.15) is 61.8 Å². The van der Waals surface area contributed by atoms with Crippen LogP contribution in [-0.4, -0.2) is 71.4 Å². The van der Waals surface area contributed by atoms with Crippen LogP contribution < -0.4 is 0 Å². The summed E-state index contributed by atoms with van der Waals surface area (Å²) >= 11 is 0. The van der Waals surface area contributed by atoms with Crippen molar-refractivity contribution in [3.63, 3.8) is 0 Å². The average Bonchev–Trinajstić information content (AvgIpc) is 3.62. The van der Waals surface area contributed by atoms with Crippen molar-refractivity contribution >= 4 is 34.3 Å². The third-order valence-corrected chi connectivity index (χ3v) is 14.3. The number of rotatable bonds is 17. The Morgan fingerprint density at radius 3 is 1.95 bits per heavy atom. The van der Waals surface area contributed by atoms with E-state index in [2.05, 4.69) is 53.5 Å². The van der Waals surface area contributed by atoms with E-state index in [1.54, 1.807) is 30.4 Å². The molecule has 0 aliphatic carbocycles. The summed E-state index contributed by atoms with van der Waals surface area (Å²) in [4.78, 5) is 38.8. The molecule has 0 spiro atoms. The molecule has 43 heavy (non-hydrogen) atoms. The lowest BCUT2D eigenvalue weighted by atomic mass is 10.0. The molecule has 1 heterocycles. The van der Waals surface area contributed by atoms with Gasteiger partial charge in [-0.25, -0.2) is 14.4 Å². The first-order valence-corrected chi connectivity index (χ1v) is 22.2. The lowest BCUT2D eigenvalue weighted by molar-refractivity contribution is -0.180. The predicted molar refractivity (Wildman–Crippen MR) is 177 cm³/mol. The molecule has 0 aromatic rings. The van der Waals surface area contributed by atoms with E-state index in [1.807, 2.05) is 34.6 Å². The first-order valence-electron chi connectivity index (χ1n) is 15.5. The van der Waals surface area contributed by atoms with Crippen LogP contribution in [0.3, 0.4) is 0 Å². The van der Waals surface area contributed by atoms with Crippen LogP contribution in [0.5, 0.6) is 0 Å². The topological polar surface area (TPSA) is 101 Å². The highest BCUT2D eigenvalue weighted by molar-refractivity contribution is 6.76. The van der Waals surface area contributed by atoms with Gasteiger partial charge in [0.2, 0.25) is 6.10 Å². The minimum absolute atomic E-state index is 0.0877. The maximum Gasteiger partial charge on any atom is 0.348 e. The van der Waals surface area contributed by atoms with E-state index in [9.17, 15) is 14.4 Å². The Hall–Kier alpha value is -2.02. The first kappa shape index (κ1) is 39.0. The first-order chi connectivity index (χ1) is 19.6. The number of ether oxygens (including phenoxy) is 4. The molecule has 1 saturated heterocycles. The van der Waals surface area contributed by atoms with Crippen molar-refractivity contribution in [2.24, 2.45) is 11.8 Å². The molecule has 0 unspecified atom stereocenters. The maximum absolute atomic E-state index is 13.5. The lowest BCUT2D eigenvalue weighted by Gasteiger charge is -2.39. The van der Waals surface area contributed by atoms with Crippen LogP contribution in [0.15, 0.2) is 36.5 Å². The van der Waals surface area contributed by atoms with Crippen molar-refractivity contribution in [1.29, 1.82) is 0 Å². The summed E-state index contributed by atoms with van der Waals surface area (Å²) in [5.41, 5.74) is -0.661. The molecule has 8 nitrogen and oxygen atoms in total. The normalized spacial score (nSPS) is 20.8. The molecule has 1 aliphatic heterocycles. The molecular weight excluding hydrogens is 581 g/mol. The molecule has 0 aromatic carbocycles. The van der Waals surface area contributed by atoms with Gasteiger partial charge in [0.25, 0.3) is 0 Å². The zero-order chi connectivity index (χ0) is 33.2. The molecule has 246 valence electrons. The van der Waals surface area contributed by atoms with Gasteiger partial charge in [-0.3, -0.25) is 0 Å². The van der Waals surface area contributed by atoms with Crippen molar-refractivity contribution in [3.05, 3.63) is 36.5 Å². The van der Waals surface area contributed by atoms with Gasteiger partial charge in [-0.2, -0.15) is 0 Å². The number of carbonyl (C=O) groups excluding carboxylic acids is 3. The van der Waals surface area contributed by atoms with Gasteiger partial charge in [0.1, 0.15) is 11.7 Å². The number of esters is 3. The summed E-state index contributed by atoms with van der Waals surface area (Å²) < 4.78 is 29.0. The van der Waals surface area contributed by atoms with Crippen LogP contribution in [0.4, 0.5) is 0 Å². The summed E-state index contributed by atoms with van der Waals surface area (Å²) in [5, 5.41) is -0.0877. The third kappa shape index (κ3) is 13.7.